The molecule has 84 valence electrons. The predicted octanol–water partition coefficient (Wildman–Crippen LogP) is 3.76. The lowest BCUT2D eigenvalue weighted by atomic mass is 10.3. The molecule has 0 aliphatic rings. The van der Waals surface area contributed by atoms with Crippen LogP contribution >= 0.6 is 11.3 Å². The van der Waals surface area contributed by atoms with Crippen LogP contribution in [0.4, 0.5) is 5.69 Å². The normalized spacial score (nSPS) is 10.1. The average Bonchev–Trinajstić information content (AvgIpc) is 2.82. The van der Waals surface area contributed by atoms with Gasteiger partial charge in [-0.05, 0) is 42.6 Å². The Morgan fingerprint density at radius 2 is 2.00 bits per heavy atom. The summed E-state index contributed by atoms with van der Waals surface area (Å²) in [7, 11) is 0. The van der Waals surface area contributed by atoms with E-state index in [1.807, 2.05) is 31.2 Å². The zero-order valence-corrected chi connectivity index (χ0v) is 10.1. The van der Waals surface area contributed by atoms with Gasteiger partial charge in [0.2, 0.25) is 0 Å². The summed E-state index contributed by atoms with van der Waals surface area (Å²) in [4.78, 5) is 1.34. The fourth-order valence-electron chi connectivity index (χ4n) is 1.44. The molecule has 0 saturated heterocycles. The number of benzene rings is 1. The van der Waals surface area contributed by atoms with Gasteiger partial charge in [-0.1, -0.05) is 6.07 Å². The summed E-state index contributed by atoms with van der Waals surface area (Å²) in [5.74, 6) is 0.921. The molecule has 0 amide bonds. The zero-order valence-electron chi connectivity index (χ0n) is 9.27. The molecule has 2 rings (SSSR count). The fraction of sp³-hybridized carbons (Fsp3) is 0.231. The minimum Gasteiger partial charge on any atom is -0.494 e. The Balaban J connectivity index is 1.90. The maximum absolute atomic E-state index is 5.39. The van der Waals surface area contributed by atoms with E-state index in [2.05, 4.69) is 22.8 Å². The molecule has 1 N–H and O–H groups in total. The quantitative estimate of drug-likeness (QED) is 0.849. The summed E-state index contributed by atoms with van der Waals surface area (Å²) < 4.78 is 5.39. The molecule has 0 aliphatic heterocycles. The van der Waals surface area contributed by atoms with Crippen LogP contribution in [0.3, 0.4) is 0 Å². The van der Waals surface area contributed by atoms with E-state index < -0.39 is 0 Å². The third-order valence-electron chi connectivity index (χ3n) is 2.21. The Morgan fingerprint density at radius 1 is 1.19 bits per heavy atom. The molecule has 0 unspecified atom stereocenters. The van der Waals surface area contributed by atoms with Crippen LogP contribution in [0, 0.1) is 0 Å². The van der Waals surface area contributed by atoms with Gasteiger partial charge in [0.15, 0.2) is 0 Å². The van der Waals surface area contributed by atoms with Crippen molar-refractivity contribution in [2.45, 2.75) is 13.5 Å². The lowest BCUT2D eigenvalue weighted by molar-refractivity contribution is 0.340. The Hall–Kier alpha value is -1.48. The fourth-order valence-corrected chi connectivity index (χ4v) is 2.08. The molecule has 1 heterocycles. The van der Waals surface area contributed by atoms with E-state index in [9.17, 15) is 0 Å². The number of nitrogens with one attached hydrogen (secondary N) is 1. The molecule has 0 saturated carbocycles. The number of hydrogen-bond donors (Lipinski definition) is 1. The molecule has 0 bridgehead atoms. The SMILES string of the molecule is CCOc1ccc(NCc2cccs2)cc1. The second kappa shape index (κ2) is 5.56. The number of anilines is 1. The van der Waals surface area contributed by atoms with Gasteiger partial charge < -0.3 is 10.1 Å². The first-order valence-corrected chi connectivity index (χ1v) is 6.25. The van der Waals surface area contributed by atoms with Gasteiger partial charge in [-0.15, -0.1) is 11.3 Å². The van der Waals surface area contributed by atoms with E-state index in [4.69, 9.17) is 4.74 Å². The predicted molar refractivity (Wildman–Crippen MR) is 69.3 cm³/mol. The van der Waals surface area contributed by atoms with E-state index in [1.54, 1.807) is 11.3 Å². The van der Waals surface area contributed by atoms with E-state index in [0.717, 1.165) is 18.0 Å². The minimum absolute atomic E-state index is 0.710. The van der Waals surface area contributed by atoms with Crippen molar-refractivity contribution in [1.82, 2.24) is 0 Å². The van der Waals surface area contributed by atoms with Gasteiger partial charge >= 0.3 is 0 Å². The van der Waals surface area contributed by atoms with Crippen molar-refractivity contribution in [1.29, 1.82) is 0 Å². The molecule has 0 atom stereocenters. The summed E-state index contributed by atoms with van der Waals surface area (Å²) in [6.07, 6.45) is 0. The van der Waals surface area contributed by atoms with Gasteiger partial charge in [0.05, 0.1) is 6.61 Å². The molecular formula is C13H15NOS. The lowest BCUT2D eigenvalue weighted by Gasteiger charge is -2.06. The zero-order chi connectivity index (χ0) is 11.2. The summed E-state index contributed by atoms with van der Waals surface area (Å²) in [6.45, 7) is 3.58. The third kappa shape index (κ3) is 3.00. The van der Waals surface area contributed by atoms with Gasteiger partial charge in [-0.2, -0.15) is 0 Å². The smallest absolute Gasteiger partial charge is 0.119 e. The standard InChI is InChI=1S/C13H15NOS/c1-2-15-12-7-5-11(6-8-12)14-10-13-4-3-9-16-13/h3-9,14H,2,10H2,1H3. The molecular weight excluding hydrogens is 218 g/mol. The second-order valence-electron chi connectivity index (χ2n) is 3.39. The highest BCUT2D eigenvalue weighted by atomic mass is 32.1. The molecule has 2 nitrogen and oxygen atoms in total. The summed E-state index contributed by atoms with van der Waals surface area (Å²) >= 11 is 1.77. The number of ether oxygens (including phenoxy) is 1. The summed E-state index contributed by atoms with van der Waals surface area (Å²) in [6, 6.07) is 12.3. The topological polar surface area (TPSA) is 21.3 Å². The molecule has 0 spiro atoms. The second-order valence-corrected chi connectivity index (χ2v) is 4.42. The molecule has 0 fully saturated rings. The molecule has 16 heavy (non-hydrogen) atoms. The van der Waals surface area contributed by atoms with Gasteiger partial charge in [0, 0.05) is 17.1 Å². The Bertz CT molecular complexity index is 408. The minimum atomic E-state index is 0.710. The van der Waals surface area contributed by atoms with E-state index >= 15 is 0 Å². The van der Waals surface area contributed by atoms with E-state index in [-0.39, 0.29) is 0 Å². The van der Waals surface area contributed by atoms with Crippen LogP contribution in [0.15, 0.2) is 41.8 Å². The van der Waals surface area contributed by atoms with Crippen LogP contribution in [0.5, 0.6) is 5.75 Å². The van der Waals surface area contributed by atoms with Crippen LogP contribution in [0.2, 0.25) is 0 Å². The van der Waals surface area contributed by atoms with Gasteiger partial charge in [0.25, 0.3) is 0 Å². The maximum Gasteiger partial charge on any atom is 0.119 e. The molecule has 1 aromatic carbocycles. The van der Waals surface area contributed by atoms with Crippen LogP contribution in [0.25, 0.3) is 0 Å². The Morgan fingerprint density at radius 3 is 2.62 bits per heavy atom. The summed E-state index contributed by atoms with van der Waals surface area (Å²) in [5.41, 5.74) is 1.12. The van der Waals surface area contributed by atoms with Crippen molar-refractivity contribution in [3.05, 3.63) is 46.7 Å². The van der Waals surface area contributed by atoms with Gasteiger partial charge in [-0.25, -0.2) is 0 Å². The van der Waals surface area contributed by atoms with Crippen molar-refractivity contribution >= 4 is 17.0 Å². The Labute approximate surface area is 99.9 Å². The van der Waals surface area contributed by atoms with Crippen molar-refractivity contribution in [3.63, 3.8) is 0 Å². The highest BCUT2D eigenvalue weighted by molar-refractivity contribution is 7.09. The highest BCUT2D eigenvalue weighted by Crippen LogP contribution is 2.17. The van der Waals surface area contributed by atoms with Crippen LogP contribution in [-0.2, 0) is 6.54 Å². The number of thiophene rings is 1. The maximum atomic E-state index is 5.39. The molecule has 3 heteroatoms. The number of rotatable bonds is 5. The molecule has 1 aromatic heterocycles. The van der Waals surface area contributed by atoms with Crippen molar-refractivity contribution < 1.29 is 4.74 Å². The van der Waals surface area contributed by atoms with Gasteiger partial charge in [0.1, 0.15) is 5.75 Å². The largest absolute Gasteiger partial charge is 0.494 e. The van der Waals surface area contributed by atoms with E-state index in [0.29, 0.717) is 6.61 Å². The number of hydrogen-bond acceptors (Lipinski definition) is 3. The molecule has 0 aliphatic carbocycles. The molecule has 2 aromatic rings. The monoisotopic (exact) mass is 233 g/mol. The first-order chi connectivity index (χ1) is 7.88. The summed E-state index contributed by atoms with van der Waals surface area (Å²) in [5, 5.41) is 5.46. The molecule has 0 radical (unpaired) electrons. The van der Waals surface area contributed by atoms with Crippen molar-refractivity contribution in [3.8, 4) is 5.75 Å². The third-order valence-corrected chi connectivity index (χ3v) is 3.09. The first kappa shape index (κ1) is 11.0. The van der Waals surface area contributed by atoms with Crippen LogP contribution < -0.4 is 10.1 Å². The van der Waals surface area contributed by atoms with Gasteiger partial charge in [-0.3, -0.25) is 0 Å². The van der Waals surface area contributed by atoms with Crippen molar-refractivity contribution in [2.75, 3.05) is 11.9 Å². The first-order valence-electron chi connectivity index (χ1n) is 5.37. The lowest BCUT2D eigenvalue weighted by Crippen LogP contribution is -1.97. The van der Waals surface area contributed by atoms with Crippen LogP contribution in [0.1, 0.15) is 11.8 Å². The average molecular weight is 233 g/mol. The van der Waals surface area contributed by atoms with Crippen LogP contribution in [-0.4, -0.2) is 6.61 Å². The highest BCUT2D eigenvalue weighted by Gasteiger charge is 1.95. The van der Waals surface area contributed by atoms with Crippen molar-refractivity contribution in [2.24, 2.45) is 0 Å². The Kier molecular flexibility index (Phi) is 3.83. The van der Waals surface area contributed by atoms with E-state index in [1.165, 1.54) is 4.88 Å².